The summed E-state index contributed by atoms with van der Waals surface area (Å²) in [7, 11) is 0. The van der Waals surface area contributed by atoms with Gasteiger partial charge in [0.2, 0.25) is 0 Å². The van der Waals surface area contributed by atoms with E-state index >= 15 is 0 Å². The summed E-state index contributed by atoms with van der Waals surface area (Å²) in [6.45, 7) is 14.2. The van der Waals surface area contributed by atoms with Crippen LogP contribution in [0.15, 0.2) is 24.3 Å². The van der Waals surface area contributed by atoms with Gasteiger partial charge in [-0.3, -0.25) is 0 Å². The maximum Gasteiger partial charge on any atom is 0.196 e. The Morgan fingerprint density at radius 1 is 0.733 bits per heavy atom. The number of hydrogen-bond acceptors (Lipinski definition) is 2. The third kappa shape index (κ3) is 4.35. The van der Waals surface area contributed by atoms with Gasteiger partial charge in [0.15, 0.2) is 17.5 Å². The van der Waals surface area contributed by atoms with E-state index in [-0.39, 0.29) is 21.9 Å². The fraction of sp³-hybridized carbons (Fsp3) is 0.391. The topological polar surface area (TPSA) is 57.4 Å². The predicted molar refractivity (Wildman–Crippen MR) is 114 cm³/mol. The molecule has 0 bridgehead atoms. The van der Waals surface area contributed by atoms with Crippen molar-refractivity contribution in [1.29, 1.82) is 0 Å². The summed E-state index contributed by atoms with van der Waals surface area (Å²) in [6, 6.07) is 7.21. The van der Waals surface area contributed by atoms with Crippen LogP contribution in [0.4, 0.5) is 13.2 Å². The van der Waals surface area contributed by atoms with Crippen molar-refractivity contribution in [2.45, 2.75) is 59.3 Å². The second-order valence-electron chi connectivity index (χ2n) is 9.57. The number of nitrogens with one attached hydrogen (secondary N) is 2. The molecule has 0 aliphatic carbocycles. The maximum atomic E-state index is 13.4. The molecular formula is C23H27F3N4. The first kappa shape index (κ1) is 21.9. The van der Waals surface area contributed by atoms with Gasteiger partial charge < -0.3 is 9.97 Å². The lowest BCUT2D eigenvalue weighted by molar-refractivity contribution is 0.452. The number of rotatable bonds is 0. The van der Waals surface area contributed by atoms with Crippen molar-refractivity contribution in [2.24, 2.45) is 0 Å². The molecule has 2 heterocycles. The number of hydrogen-bond donors (Lipinski definition) is 2. The van der Waals surface area contributed by atoms with Gasteiger partial charge in [0.25, 0.3) is 0 Å². The molecule has 4 rings (SSSR count). The highest BCUT2D eigenvalue weighted by Gasteiger charge is 2.22. The quantitative estimate of drug-likeness (QED) is 0.324. The van der Waals surface area contributed by atoms with Crippen LogP contribution in [0.2, 0.25) is 0 Å². The van der Waals surface area contributed by atoms with Gasteiger partial charge in [-0.1, -0.05) is 47.6 Å². The van der Waals surface area contributed by atoms with Gasteiger partial charge in [0, 0.05) is 16.9 Å². The largest absolute Gasteiger partial charge is 0.342 e. The van der Waals surface area contributed by atoms with Crippen LogP contribution in [0.25, 0.3) is 22.1 Å². The van der Waals surface area contributed by atoms with E-state index in [1.165, 1.54) is 5.56 Å². The minimum Gasteiger partial charge on any atom is -0.342 e. The SMILES string of the molecule is CC(C)(C)c1nc2c(F)c(F)c(F)cc2[nH]1.Cc1ccc2nc(C(C)(C)C)[nH]c2c1. The smallest absolute Gasteiger partial charge is 0.196 e. The minimum absolute atomic E-state index is 0.0902. The third-order valence-electron chi connectivity index (χ3n) is 4.67. The fourth-order valence-electron chi connectivity index (χ4n) is 2.89. The number of nitrogens with zero attached hydrogens (tertiary/aromatic N) is 2. The Morgan fingerprint density at radius 3 is 1.90 bits per heavy atom. The second-order valence-corrected chi connectivity index (χ2v) is 9.57. The summed E-state index contributed by atoms with van der Waals surface area (Å²) in [4.78, 5) is 14.7. The monoisotopic (exact) mass is 416 g/mol. The molecule has 0 saturated carbocycles. The van der Waals surface area contributed by atoms with Gasteiger partial charge in [-0.2, -0.15) is 0 Å². The Morgan fingerprint density at radius 2 is 1.30 bits per heavy atom. The zero-order chi connectivity index (χ0) is 22.4. The molecule has 0 saturated heterocycles. The fourth-order valence-corrected chi connectivity index (χ4v) is 2.89. The van der Waals surface area contributed by atoms with Crippen LogP contribution in [0.3, 0.4) is 0 Å². The average molecular weight is 416 g/mol. The number of imidazole rings is 2. The first-order valence-corrected chi connectivity index (χ1v) is 9.78. The van der Waals surface area contributed by atoms with Gasteiger partial charge in [0.1, 0.15) is 17.2 Å². The van der Waals surface area contributed by atoms with Crippen LogP contribution in [-0.4, -0.2) is 19.9 Å². The molecule has 4 aromatic rings. The van der Waals surface area contributed by atoms with Gasteiger partial charge in [0.05, 0.1) is 16.6 Å². The average Bonchev–Trinajstić information content (AvgIpc) is 3.23. The summed E-state index contributed by atoms with van der Waals surface area (Å²) >= 11 is 0. The van der Waals surface area contributed by atoms with E-state index in [0.717, 1.165) is 22.9 Å². The first-order valence-electron chi connectivity index (χ1n) is 9.78. The highest BCUT2D eigenvalue weighted by atomic mass is 19.2. The van der Waals surface area contributed by atoms with E-state index in [1.807, 2.05) is 20.8 Å². The minimum atomic E-state index is -1.49. The zero-order valence-electron chi connectivity index (χ0n) is 18.3. The van der Waals surface area contributed by atoms with E-state index < -0.39 is 17.5 Å². The molecule has 0 radical (unpaired) electrons. The maximum absolute atomic E-state index is 13.4. The van der Waals surface area contributed by atoms with Crippen molar-refractivity contribution in [3.8, 4) is 0 Å². The Bertz CT molecular complexity index is 1210. The molecule has 2 N–H and O–H groups in total. The van der Waals surface area contributed by atoms with Crippen LogP contribution in [0, 0.1) is 24.4 Å². The Labute approximate surface area is 173 Å². The van der Waals surface area contributed by atoms with Gasteiger partial charge >= 0.3 is 0 Å². The number of halogens is 3. The zero-order valence-corrected chi connectivity index (χ0v) is 18.3. The standard InChI is InChI=1S/C12H16N2.C11H11F3N2/c1-8-5-6-9-10(7-8)14-11(13-9)12(2,3)4;1-11(2,3)10-15-6-4-5(12)7(13)8(14)9(6)16-10/h5-7H,1-4H3,(H,13,14);4H,1-3H3,(H,15,16). The van der Waals surface area contributed by atoms with Crippen molar-refractivity contribution in [3.05, 3.63) is 58.9 Å². The lowest BCUT2D eigenvalue weighted by Crippen LogP contribution is -2.13. The lowest BCUT2D eigenvalue weighted by Gasteiger charge is -2.13. The highest BCUT2D eigenvalue weighted by Crippen LogP contribution is 2.26. The van der Waals surface area contributed by atoms with Crippen LogP contribution >= 0.6 is 0 Å². The van der Waals surface area contributed by atoms with Crippen molar-refractivity contribution >= 4 is 22.1 Å². The number of H-pyrrole nitrogens is 2. The lowest BCUT2D eigenvalue weighted by atomic mass is 9.96. The highest BCUT2D eigenvalue weighted by molar-refractivity contribution is 5.76. The molecule has 0 aliphatic heterocycles. The summed E-state index contributed by atoms with van der Waals surface area (Å²) in [5.74, 6) is -2.40. The predicted octanol–water partition coefficient (Wildman–Crippen LogP) is 6.45. The number of fused-ring (bicyclic) bond motifs is 2. The molecule has 0 atom stereocenters. The molecule has 0 unspecified atom stereocenters. The van der Waals surface area contributed by atoms with Crippen molar-refractivity contribution in [1.82, 2.24) is 19.9 Å². The van der Waals surface area contributed by atoms with Crippen LogP contribution in [0.5, 0.6) is 0 Å². The van der Waals surface area contributed by atoms with Crippen molar-refractivity contribution in [2.75, 3.05) is 0 Å². The molecule has 0 amide bonds. The molecule has 4 nitrogen and oxygen atoms in total. The molecular weight excluding hydrogens is 389 g/mol. The molecule has 0 spiro atoms. The molecule has 30 heavy (non-hydrogen) atoms. The van der Waals surface area contributed by atoms with E-state index in [9.17, 15) is 13.2 Å². The van der Waals surface area contributed by atoms with Crippen molar-refractivity contribution < 1.29 is 13.2 Å². The number of aromatic nitrogens is 4. The van der Waals surface area contributed by atoms with E-state index in [1.54, 1.807) is 0 Å². The van der Waals surface area contributed by atoms with E-state index in [2.05, 4.69) is 65.8 Å². The summed E-state index contributed by atoms with van der Waals surface area (Å²) in [6.07, 6.45) is 0. The Kier molecular flexibility index (Phi) is 5.43. The molecule has 160 valence electrons. The third-order valence-corrected chi connectivity index (χ3v) is 4.67. The summed E-state index contributed by atoms with van der Waals surface area (Å²) in [5.41, 5.74) is 3.22. The second kappa shape index (κ2) is 7.45. The molecule has 7 heteroatoms. The van der Waals surface area contributed by atoms with Gasteiger partial charge in [-0.25, -0.2) is 23.1 Å². The number of aromatic amines is 2. The van der Waals surface area contributed by atoms with E-state index in [0.29, 0.717) is 5.82 Å². The Balaban J connectivity index is 0.000000172. The van der Waals surface area contributed by atoms with Crippen LogP contribution in [0.1, 0.15) is 58.8 Å². The molecule has 2 aromatic carbocycles. The molecule has 0 aliphatic rings. The van der Waals surface area contributed by atoms with E-state index in [4.69, 9.17) is 0 Å². The normalized spacial score (nSPS) is 12.3. The van der Waals surface area contributed by atoms with Crippen LogP contribution < -0.4 is 0 Å². The van der Waals surface area contributed by atoms with Crippen LogP contribution in [-0.2, 0) is 10.8 Å². The Hall–Kier alpha value is -2.83. The van der Waals surface area contributed by atoms with Gasteiger partial charge in [-0.05, 0) is 24.6 Å². The van der Waals surface area contributed by atoms with Crippen molar-refractivity contribution in [3.63, 3.8) is 0 Å². The summed E-state index contributed by atoms with van der Waals surface area (Å²) < 4.78 is 39.3. The number of benzene rings is 2. The summed E-state index contributed by atoms with van der Waals surface area (Å²) in [5, 5.41) is 0. The molecule has 2 aromatic heterocycles. The molecule has 0 fully saturated rings. The number of aryl methyl sites for hydroxylation is 1. The first-order chi connectivity index (χ1) is 13.8. The van der Waals surface area contributed by atoms with Gasteiger partial charge in [-0.15, -0.1) is 0 Å².